The molecule has 3 rings (SSSR count). The van der Waals surface area contributed by atoms with Gasteiger partial charge in [0.15, 0.2) is 0 Å². The second-order valence-corrected chi connectivity index (χ2v) is 14.5. The van der Waals surface area contributed by atoms with Crippen molar-refractivity contribution >= 4 is 41.6 Å². The van der Waals surface area contributed by atoms with E-state index in [0.717, 1.165) is 36.5 Å². The number of rotatable bonds is 5. The summed E-state index contributed by atoms with van der Waals surface area (Å²) in [6.45, 7) is 20.5. The van der Waals surface area contributed by atoms with E-state index in [9.17, 15) is 32.3 Å². The van der Waals surface area contributed by atoms with Crippen molar-refractivity contribution in [2.45, 2.75) is 98.0 Å². The lowest BCUT2D eigenvalue weighted by Gasteiger charge is -2.34. The highest BCUT2D eigenvalue weighted by atomic mass is 19.3. The van der Waals surface area contributed by atoms with E-state index in [0.29, 0.717) is 4.90 Å². The summed E-state index contributed by atoms with van der Waals surface area (Å²) in [5.74, 6) is -2.97. The maximum absolute atomic E-state index is 15.8. The summed E-state index contributed by atoms with van der Waals surface area (Å²) >= 11 is 0. The molecule has 1 aromatic heterocycles. The van der Waals surface area contributed by atoms with Gasteiger partial charge in [-0.15, -0.1) is 4.90 Å². The van der Waals surface area contributed by atoms with Crippen LogP contribution in [0, 0.1) is 12.4 Å². The van der Waals surface area contributed by atoms with Crippen LogP contribution in [-0.2, 0) is 24.5 Å². The number of hydrogen-bond acceptors (Lipinski definition) is 10. The van der Waals surface area contributed by atoms with Gasteiger partial charge in [-0.1, -0.05) is 0 Å². The minimum absolute atomic E-state index is 0.264. The molecule has 4 amide bonds. The van der Waals surface area contributed by atoms with Crippen LogP contribution in [0.4, 0.5) is 43.3 Å². The van der Waals surface area contributed by atoms with Gasteiger partial charge in [-0.2, -0.15) is 0 Å². The fraction of sp³-hybridized carbons (Fsp3) is 0.457. The van der Waals surface area contributed by atoms with E-state index in [1.54, 1.807) is 0 Å². The number of nitrogens with zero attached hydrogens (tertiary/aromatic N) is 5. The van der Waals surface area contributed by atoms with Crippen molar-refractivity contribution in [3.63, 3.8) is 0 Å². The lowest BCUT2D eigenvalue weighted by molar-refractivity contribution is 0.0104. The molecule has 0 fully saturated rings. The Morgan fingerprint density at radius 1 is 0.904 bits per heavy atom. The Bertz CT molecular complexity index is 1830. The number of pyridine rings is 1. The number of aromatic nitrogens is 1. The van der Waals surface area contributed by atoms with Crippen molar-refractivity contribution < 1.29 is 55.7 Å². The third-order valence-corrected chi connectivity index (χ3v) is 6.47. The van der Waals surface area contributed by atoms with E-state index in [2.05, 4.69) is 14.8 Å². The van der Waals surface area contributed by atoms with Crippen LogP contribution in [0.15, 0.2) is 47.3 Å². The Morgan fingerprint density at radius 2 is 1.42 bits per heavy atom. The van der Waals surface area contributed by atoms with Crippen LogP contribution in [0.5, 0.6) is 0 Å². The zero-order valence-corrected chi connectivity index (χ0v) is 30.3. The van der Waals surface area contributed by atoms with Crippen molar-refractivity contribution in [1.82, 2.24) is 9.88 Å². The highest BCUT2D eigenvalue weighted by molar-refractivity contribution is 6.19. The van der Waals surface area contributed by atoms with Crippen LogP contribution >= 0.6 is 0 Å². The zero-order chi connectivity index (χ0) is 39.6. The van der Waals surface area contributed by atoms with Crippen LogP contribution < -0.4 is 4.90 Å². The van der Waals surface area contributed by atoms with Gasteiger partial charge in [0, 0.05) is 17.3 Å². The summed E-state index contributed by atoms with van der Waals surface area (Å²) in [6.07, 6.45) is -5.43. The third kappa shape index (κ3) is 10.0. The summed E-state index contributed by atoms with van der Waals surface area (Å²) in [5, 5.41) is 0. The van der Waals surface area contributed by atoms with Crippen LogP contribution in [0.1, 0.15) is 97.3 Å². The smallest absolute Gasteiger partial charge is 0.428 e. The van der Waals surface area contributed by atoms with Crippen molar-refractivity contribution in [3.8, 4) is 0 Å². The van der Waals surface area contributed by atoms with Crippen molar-refractivity contribution in [2.24, 2.45) is 4.99 Å². The minimum Gasteiger partial charge on any atom is -0.443 e. The summed E-state index contributed by atoms with van der Waals surface area (Å²) in [7, 11) is 0. The monoisotopic (exact) mass is 733 g/mol. The molecule has 17 heteroatoms. The lowest BCUT2D eigenvalue weighted by Crippen LogP contribution is -2.49. The summed E-state index contributed by atoms with van der Waals surface area (Å²) in [6, 6.07) is 2.60. The maximum atomic E-state index is 15.8. The van der Waals surface area contributed by atoms with Gasteiger partial charge in [0.2, 0.25) is 5.69 Å². The first kappa shape index (κ1) is 40.9. The predicted molar refractivity (Wildman–Crippen MR) is 179 cm³/mol. The molecule has 13 nitrogen and oxygen atoms in total. The molecule has 0 radical (unpaired) electrons. The molecule has 2 aromatic rings. The number of aliphatic imine (C=N–C) groups is 1. The number of carbonyl (C=O) groups excluding carboxylic acids is 4. The number of alkyl halides is 3. The molecule has 0 spiro atoms. The van der Waals surface area contributed by atoms with Crippen LogP contribution in [0.3, 0.4) is 0 Å². The normalized spacial score (nSPS) is 16.1. The first-order valence-corrected chi connectivity index (χ1v) is 15.6. The van der Waals surface area contributed by atoms with E-state index in [1.165, 1.54) is 69.2 Å². The molecule has 0 aliphatic carbocycles. The van der Waals surface area contributed by atoms with Crippen molar-refractivity contribution in [3.05, 3.63) is 76.4 Å². The Morgan fingerprint density at radius 3 is 1.88 bits per heavy atom. The Labute approximate surface area is 298 Å². The summed E-state index contributed by atoms with van der Waals surface area (Å²) < 4.78 is 79.9. The average Bonchev–Trinajstić information content (AvgIpc) is 2.98. The number of allylic oxidation sites excluding steroid dienone is 1. The van der Waals surface area contributed by atoms with Crippen LogP contribution in [0.2, 0.25) is 0 Å². The Balaban J connectivity index is 2.30. The maximum Gasteiger partial charge on any atom is 0.428 e. The third-order valence-electron chi connectivity index (χ3n) is 6.47. The Hall–Kier alpha value is -5.53. The molecular formula is C35H39F4N5O8. The lowest BCUT2D eigenvalue weighted by atomic mass is 9.90. The van der Waals surface area contributed by atoms with Gasteiger partial charge in [-0.05, 0) is 99.6 Å². The molecule has 1 aromatic carbocycles. The molecule has 1 atom stereocenters. The molecule has 1 aliphatic rings. The fourth-order valence-corrected chi connectivity index (χ4v) is 4.49. The molecule has 0 saturated carbocycles. The number of halogens is 4. The van der Waals surface area contributed by atoms with Crippen molar-refractivity contribution in [1.29, 1.82) is 0 Å². The molecule has 0 unspecified atom stereocenters. The highest BCUT2D eigenvalue weighted by Crippen LogP contribution is 2.38. The molecule has 0 saturated heterocycles. The second kappa shape index (κ2) is 15.0. The average molecular weight is 734 g/mol. The van der Waals surface area contributed by atoms with E-state index >= 15 is 4.39 Å². The number of amidine groups is 1. The van der Waals surface area contributed by atoms with E-state index in [-0.39, 0.29) is 10.6 Å². The second-order valence-electron chi connectivity index (χ2n) is 14.5. The van der Waals surface area contributed by atoms with Gasteiger partial charge in [-0.3, -0.25) is 9.78 Å². The quantitative estimate of drug-likeness (QED) is 0.167. The number of imide groups is 2. The fourth-order valence-electron chi connectivity index (χ4n) is 4.49. The topological polar surface area (TPSA) is 141 Å². The van der Waals surface area contributed by atoms with Gasteiger partial charge >= 0.3 is 24.3 Å². The van der Waals surface area contributed by atoms with Gasteiger partial charge in [0.1, 0.15) is 46.3 Å². The molecule has 0 bridgehead atoms. The highest BCUT2D eigenvalue weighted by Gasteiger charge is 2.43. The molecule has 0 N–H and O–H groups in total. The first-order chi connectivity index (χ1) is 23.8. The molecule has 1 aliphatic heterocycles. The van der Waals surface area contributed by atoms with Gasteiger partial charge < -0.3 is 18.9 Å². The standard InChI is InChI=1S/C35H39F4N5O8/c1-32(2,3)50-29(46)43(27(45)25-22(26(38)39)14-19(40-11)18-41-25)20-12-13-24(37)23(15-20)35(10)16-21(17-36)49-28(42-35)44(30(47)51-33(4,5)6)31(48)52-34(7,8)9/h12-16,18,26H,17H2,1-10H3/t35-/m0/s1. The van der Waals surface area contributed by atoms with E-state index in [1.807, 2.05) is 0 Å². The molecule has 52 heavy (non-hydrogen) atoms. The summed E-state index contributed by atoms with van der Waals surface area (Å²) in [5.41, 5.74) is -8.61. The zero-order valence-electron chi connectivity index (χ0n) is 30.3. The van der Waals surface area contributed by atoms with Gasteiger partial charge in [-0.25, -0.2) is 46.7 Å². The van der Waals surface area contributed by atoms with Crippen LogP contribution in [0.25, 0.3) is 4.85 Å². The Kier molecular flexibility index (Phi) is 11.8. The number of anilines is 1. The number of carbonyl (C=O) groups is 4. The minimum atomic E-state index is -3.30. The number of benzene rings is 1. The summed E-state index contributed by atoms with van der Waals surface area (Å²) in [4.78, 5) is 65.8. The molecule has 2 heterocycles. The largest absolute Gasteiger partial charge is 0.443 e. The van der Waals surface area contributed by atoms with Crippen LogP contribution in [-0.4, -0.2) is 63.6 Å². The molecular weight excluding hydrogens is 694 g/mol. The predicted octanol–water partition coefficient (Wildman–Crippen LogP) is 8.92. The van der Waals surface area contributed by atoms with E-state index in [4.69, 9.17) is 25.5 Å². The SMILES string of the molecule is [C-]#[N+]c1cnc(C(=O)N(C(=O)OC(C)(C)C)c2ccc(F)c([C@]3(C)C=C(CF)OC(N(C(=O)OC(C)(C)C)C(=O)OC(C)(C)C)=N3)c2)c(C(F)F)c1. The number of amides is 4. The first-order valence-electron chi connectivity index (χ1n) is 15.6. The molecule has 280 valence electrons. The number of hydrogen-bond donors (Lipinski definition) is 0. The van der Waals surface area contributed by atoms with Gasteiger partial charge in [0.25, 0.3) is 12.3 Å². The van der Waals surface area contributed by atoms with Gasteiger partial charge in [0.05, 0.1) is 12.3 Å². The number of ether oxygens (including phenoxy) is 4. The van der Waals surface area contributed by atoms with Crippen molar-refractivity contribution in [2.75, 3.05) is 11.6 Å². The van der Waals surface area contributed by atoms with E-state index < -0.39 is 99.7 Å².